The molecule has 0 radical (unpaired) electrons. The molecule has 9 rings (SSSR count). The van der Waals surface area contributed by atoms with Crippen molar-refractivity contribution in [3.05, 3.63) is 169 Å². The van der Waals surface area contributed by atoms with Gasteiger partial charge in [0.15, 0.2) is 0 Å². The van der Waals surface area contributed by atoms with Crippen LogP contribution in [0.3, 0.4) is 0 Å². The van der Waals surface area contributed by atoms with Crippen molar-refractivity contribution in [2.24, 2.45) is 0 Å². The van der Waals surface area contributed by atoms with E-state index in [0.717, 1.165) is 5.56 Å². The lowest BCUT2D eigenvalue weighted by molar-refractivity contribution is 0.670. The molecule has 45 heavy (non-hydrogen) atoms. The first-order valence-electron chi connectivity index (χ1n) is 22.1. The number of para-hydroxylation sites is 1. The first kappa shape index (κ1) is 14.2. The third kappa shape index (κ3) is 4.02. The molecule has 0 aliphatic heterocycles. The van der Waals surface area contributed by atoms with E-state index in [4.69, 9.17) is 19.5 Å². The minimum absolute atomic E-state index is 0.0111. The quantitative estimate of drug-likeness (QED) is 0.186. The first-order valence-corrected chi connectivity index (χ1v) is 14.1. The zero-order valence-corrected chi connectivity index (χ0v) is 23.3. The van der Waals surface area contributed by atoms with Crippen LogP contribution < -0.4 is 0 Å². The van der Waals surface area contributed by atoms with E-state index in [-0.39, 0.29) is 32.7 Å². The molecule has 1 heterocycles. The maximum Gasteiger partial charge on any atom is 0.143 e. The highest BCUT2D eigenvalue weighted by molar-refractivity contribution is 6.27. The van der Waals surface area contributed by atoms with Crippen molar-refractivity contribution in [1.29, 1.82) is 0 Å². The van der Waals surface area contributed by atoms with Gasteiger partial charge in [-0.1, -0.05) is 157 Å². The highest BCUT2D eigenvalue weighted by Gasteiger charge is 2.22. The lowest BCUT2D eigenvalue weighted by Crippen LogP contribution is -1.93. The van der Waals surface area contributed by atoms with Crippen LogP contribution >= 0.6 is 0 Å². The van der Waals surface area contributed by atoms with Gasteiger partial charge in [0.05, 0.1) is 21.9 Å². The second-order valence-corrected chi connectivity index (χ2v) is 10.4. The largest absolute Gasteiger partial charge is 0.455 e. The summed E-state index contributed by atoms with van der Waals surface area (Å²) >= 11 is 0. The van der Waals surface area contributed by atoms with Gasteiger partial charge in [0.1, 0.15) is 11.2 Å². The highest BCUT2D eigenvalue weighted by atomic mass is 16.3. The third-order valence-corrected chi connectivity index (χ3v) is 8.02. The average molecular weight is 589 g/mol. The Morgan fingerprint density at radius 3 is 1.78 bits per heavy atom. The molecule has 0 bridgehead atoms. The molecule has 0 aliphatic rings. The Hall–Kier alpha value is -5.92. The highest BCUT2D eigenvalue weighted by Crippen LogP contribution is 2.49. The van der Waals surface area contributed by atoms with E-state index in [9.17, 15) is 6.85 Å². The second kappa shape index (κ2) is 10.4. The summed E-state index contributed by atoms with van der Waals surface area (Å²) in [6.07, 6.45) is 0. The van der Waals surface area contributed by atoms with Crippen LogP contribution in [-0.4, -0.2) is 0 Å². The molecule has 0 unspecified atom stereocenters. The van der Waals surface area contributed by atoms with Gasteiger partial charge in [-0.25, -0.2) is 0 Å². The second-order valence-electron chi connectivity index (χ2n) is 10.4. The summed E-state index contributed by atoms with van der Waals surface area (Å²) in [6, 6.07) is 9.88. The van der Waals surface area contributed by atoms with Crippen molar-refractivity contribution >= 4 is 43.5 Å². The van der Waals surface area contributed by atoms with Crippen LogP contribution in [0.2, 0.25) is 0 Å². The summed E-state index contributed by atoms with van der Waals surface area (Å²) in [7, 11) is 0. The van der Waals surface area contributed by atoms with E-state index in [1.165, 1.54) is 6.07 Å². The van der Waals surface area contributed by atoms with E-state index >= 15 is 0 Å². The summed E-state index contributed by atoms with van der Waals surface area (Å²) < 4.78 is 150. The molecule has 9 aromatic rings. The molecular weight excluding hydrogens is 544 g/mol. The van der Waals surface area contributed by atoms with Crippen molar-refractivity contribution < 1.29 is 26.3 Å². The van der Waals surface area contributed by atoms with Gasteiger partial charge in [-0.05, 0) is 72.6 Å². The maximum atomic E-state index is 9.52. The molecule has 0 spiro atoms. The Labute approximate surface area is 284 Å². The molecule has 0 N–H and O–H groups in total. The van der Waals surface area contributed by atoms with Gasteiger partial charge in [-0.15, -0.1) is 0 Å². The SMILES string of the molecule is [2H]c1cc2c(-c3ccc(-c4ccccc4)c4oc5ccccc5c34)c3c([2H])c([2H])c([2H])c([2H])c3c(-c3c([2H])c([2H])c([2H])c([2H])c3-c3c([2H])c([2H])c([2H])c([2H])c3[2H])c2c([2H])c1[2H]. The molecule has 0 saturated carbocycles. The van der Waals surface area contributed by atoms with Crippen LogP contribution in [0.1, 0.15) is 21.9 Å². The van der Waals surface area contributed by atoms with E-state index in [1.54, 1.807) is 30.3 Å². The van der Waals surface area contributed by atoms with Gasteiger partial charge < -0.3 is 4.42 Å². The zero-order chi connectivity index (χ0) is 43.7. The molecule has 1 aromatic heterocycles. The van der Waals surface area contributed by atoms with Crippen molar-refractivity contribution in [3.63, 3.8) is 0 Å². The lowest BCUT2D eigenvalue weighted by Gasteiger charge is -2.20. The van der Waals surface area contributed by atoms with Crippen LogP contribution in [0.4, 0.5) is 0 Å². The molecule has 0 saturated heterocycles. The Bertz CT molecular complexity index is 3400. The number of benzene rings is 8. The predicted octanol–water partition coefficient (Wildman–Crippen LogP) is 12.6. The number of hydrogen-bond acceptors (Lipinski definition) is 1. The Balaban J connectivity index is 1.60. The van der Waals surface area contributed by atoms with Crippen molar-refractivity contribution in [2.75, 3.05) is 0 Å². The third-order valence-electron chi connectivity index (χ3n) is 8.02. The normalized spacial score (nSPS) is 16.5. The van der Waals surface area contributed by atoms with Crippen molar-refractivity contribution in [3.8, 4) is 44.5 Å². The fourth-order valence-corrected chi connectivity index (χ4v) is 6.16. The number of rotatable bonds is 4. The average Bonchev–Trinajstić information content (AvgIpc) is 3.66. The fraction of sp³-hybridized carbons (Fsp3) is 0. The zero-order valence-electron chi connectivity index (χ0n) is 39.3. The first-order chi connectivity index (χ1) is 29.0. The molecule has 210 valence electrons. The minimum Gasteiger partial charge on any atom is -0.455 e. The van der Waals surface area contributed by atoms with Gasteiger partial charge in [0, 0.05) is 16.3 Å². The maximum absolute atomic E-state index is 9.52. The number of hydrogen-bond donors (Lipinski definition) is 0. The van der Waals surface area contributed by atoms with Crippen LogP contribution in [-0.2, 0) is 0 Å². The summed E-state index contributed by atoms with van der Waals surface area (Å²) in [4.78, 5) is 0. The van der Waals surface area contributed by atoms with Gasteiger partial charge in [0.25, 0.3) is 0 Å². The number of fused-ring (bicyclic) bond motifs is 5. The monoisotopic (exact) mass is 588 g/mol. The summed E-state index contributed by atoms with van der Waals surface area (Å²) in [5, 5.41) is 0.437. The Morgan fingerprint density at radius 1 is 0.378 bits per heavy atom. The molecular formula is C44H28O. The molecule has 1 nitrogen and oxygen atoms in total. The van der Waals surface area contributed by atoms with E-state index in [0.29, 0.717) is 33.1 Å². The molecule has 0 aliphatic carbocycles. The summed E-state index contributed by atoms with van der Waals surface area (Å²) in [5.41, 5.74) is 0.806. The number of furan rings is 1. The summed E-state index contributed by atoms with van der Waals surface area (Å²) in [5.74, 6) is 0. The van der Waals surface area contributed by atoms with Crippen LogP contribution in [0.5, 0.6) is 0 Å². The smallest absolute Gasteiger partial charge is 0.143 e. The van der Waals surface area contributed by atoms with E-state index in [1.807, 2.05) is 36.4 Å². The predicted molar refractivity (Wildman–Crippen MR) is 190 cm³/mol. The minimum atomic E-state index is -0.823. The van der Waals surface area contributed by atoms with Crippen molar-refractivity contribution in [2.45, 2.75) is 0 Å². The van der Waals surface area contributed by atoms with E-state index < -0.39 is 113 Å². The van der Waals surface area contributed by atoms with Gasteiger partial charge in [-0.2, -0.15) is 0 Å². The van der Waals surface area contributed by atoms with Crippen LogP contribution in [0.25, 0.3) is 88.0 Å². The molecule has 8 aromatic carbocycles. The van der Waals surface area contributed by atoms with E-state index in [2.05, 4.69) is 0 Å². The molecule has 0 atom stereocenters. The fourth-order valence-electron chi connectivity index (χ4n) is 6.16. The van der Waals surface area contributed by atoms with Gasteiger partial charge in [-0.3, -0.25) is 0 Å². The van der Waals surface area contributed by atoms with Crippen LogP contribution in [0.15, 0.2) is 174 Å². The van der Waals surface area contributed by atoms with Crippen molar-refractivity contribution in [1.82, 2.24) is 0 Å². The Morgan fingerprint density at radius 2 is 0.978 bits per heavy atom. The molecule has 1 heteroatoms. The molecule has 0 amide bonds. The van der Waals surface area contributed by atoms with Gasteiger partial charge >= 0.3 is 0 Å². The Kier molecular flexibility index (Phi) is 3.28. The lowest BCUT2D eigenvalue weighted by atomic mass is 9.83. The van der Waals surface area contributed by atoms with Crippen LogP contribution in [0, 0.1) is 0 Å². The van der Waals surface area contributed by atoms with Gasteiger partial charge in [0.2, 0.25) is 0 Å². The summed E-state index contributed by atoms with van der Waals surface area (Å²) in [6.45, 7) is 0. The standard InChI is InChI=1S/C44H28O/c1-3-15-29(16-4-1)31-19-7-8-20-33(31)41-34-21-9-11-23-36(34)42(37-24-12-10-22-35(37)41)39-28-27-32(30-17-5-2-6-18-30)44-43(39)38-25-13-14-26-40(38)45-44/h1-28H/i1D,3D,4D,7D,8D,9D,10D,11D,12D,15D,16D,19D,20D,21D,22D,23D. The molecule has 0 fully saturated rings. The topological polar surface area (TPSA) is 13.1 Å².